The summed E-state index contributed by atoms with van der Waals surface area (Å²) in [5, 5.41) is 14.5. The Balaban J connectivity index is 1.60. The van der Waals surface area contributed by atoms with Gasteiger partial charge in [0.25, 0.3) is 0 Å². The Morgan fingerprint density at radius 1 is 0.763 bits per heavy atom. The fraction of sp³-hybridized carbons (Fsp3) is 0.222. The highest BCUT2D eigenvalue weighted by atomic mass is 16.7. The average Bonchev–Trinajstić information content (AvgIpc) is 2.96. The molecular weight excluding hydrogens is 494 g/mol. The van der Waals surface area contributed by atoms with Gasteiger partial charge in [0.1, 0.15) is 18.8 Å². The molecule has 0 amide bonds. The van der Waals surface area contributed by atoms with E-state index in [0.29, 0.717) is 0 Å². The van der Waals surface area contributed by atoms with Crippen molar-refractivity contribution in [2.24, 2.45) is 5.11 Å². The van der Waals surface area contributed by atoms with Gasteiger partial charge in [-0.1, -0.05) is 59.7 Å². The summed E-state index contributed by atoms with van der Waals surface area (Å²) in [6.07, 6.45) is -6.07. The van der Waals surface area contributed by atoms with Crippen molar-refractivity contribution in [3.8, 4) is 0 Å². The standard InChI is InChI=1S/C27H23N3O8/c28-30-29-21-20(16-35-24(31)17-10-4-1-5-11-17)36-27(34)23(38-26(33)19-14-8-3-9-15-19)22(21)37-25(32)18-12-6-2-7-13-18/h1-15,20-23,27,34H,16H2/t20-,21-,22+,23-,27+/m1/s1. The highest BCUT2D eigenvalue weighted by Crippen LogP contribution is 2.29. The highest BCUT2D eigenvalue weighted by Gasteiger charge is 2.50. The molecule has 1 N–H and O–H groups in total. The van der Waals surface area contributed by atoms with Crippen LogP contribution in [0.15, 0.2) is 96.1 Å². The summed E-state index contributed by atoms with van der Waals surface area (Å²) in [6, 6.07) is 22.7. The number of rotatable bonds is 8. The van der Waals surface area contributed by atoms with Gasteiger partial charge in [-0.15, -0.1) is 0 Å². The number of nitrogens with zero attached hydrogens (tertiary/aromatic N) is 3. The molecule has 38 heavy (non-hydrogen) atoms. The normalized spacial score (nSPS) is 22.4. The second-order valence-electron chi connectivity index (χ2n) is 8.20. The van der Waals surface area contributed by atoms with E-state index in [1.54, 1.807) is 66.7 Å². The molecule has 0 unspecified atom stereocenters. The molecule has 4 rings (SSSR count). The quantitative estimate of drug-likeness (QED) is 0.156. The van der Waals surface area contributed by atoms with Crippen LogP contribution in [0.5, 0.6) is 0 Å². The first-order valence-electron chi connectivity index (χ1n) is 11.6. The molecule has 1 aliphatic heterocycles. The fourth-order valence-corrected chi connectivity index (χ4v) is 3.85. The lowest BCUT2D eigenvalue weighted by atomic mass is 9.96. The molecule has 11 heteroatoms. The molecule has 11 nitrogen and oxygen atoms in total. The van der Waals surface area contributed by atoms with Crippen molar-refractivity contribution >= 4 is 17.9 Å². The van der Waals surface area contributed by atoms with Crippen LogP contribution in [0.1, 0.15) is 31.1 Å². The van der Waals surface area contributed by atoms with Crippen LogP contribution >= 0.6 is 0 Å². The largest absolute Gasteiger partial charge is 0.459 e. The molecule has 0 saturated carbocycles. The molecule has 0 bridgehead atoms. The van der Waals surface area contributed by atoms with Crippen molar-refractivity contribution in [1.29, 1.82) is 0 Å². The smallest absolute Gasteiger partial charge is 0.338 e. The van der Waals surface area contributed by atoms with E-state index in [0.717, 1.165) is 0 Å². The van der Waals surface area contributed by atoms with Gasteiger partial charge in [0.15, 0.2) is 18.5 Å². The molecule has 3 aromatic rings. The number of benzene rings is 3. The minimum Gasteiger partial charge on any atom is -0.459 e. The molecule has 0 spiro atoms. The van der Waals surface area contributed by atoms with E-state index in [4.69, 9.17) is 18.9 Å². The van der Waals surface area contributed by atoms with Crippen LogP contribution < -0.4 is 0 Å². The Bertz CT molecular complexity index is 1300. The van der Waals surface area contributed by atoms with Gasteiger partial charge < -0.3 is 24.1 Å². The van der Waals surface area contributed by atoms with Crippen molar-refractivity contribution < 1.29 is 38.4 Å². The Labute approximate surface area is 217 Å². The predicted octanol–water partition coefficient (Wildman–Crippen LogP) is 3.69. The molecule has 1 fully saturated rings. The Morgan fingerprint density at radius 3 is 1.68 bits per heavy atom. The van der Waals surface area contributed by atoms with E-state index in [2.05, 4.69) is 10.0 Å². The minimum atomic E-state index is -1.80. The zero-order valence-corrected chi connectivity index (χ0v) is 19.9. The molecular formula is C27H23N3O8. The predicted molar refractivity (Wildman–Crippen MR) is 132 cm³/mol. The van der Waals surface area contributed by atoms with Crippen molar-refractivity contribution in [3.63, 3.8) is 0 Å². The minimum absolute atomic E-state index is 0.173. The lowest BCUT2D eigenvalue weighted by Gasteiger charge is -2.41. The summed E-state index contributed by atoms with van der Waals surface area (Å²) in [5.41, 5.74) is 9.87. The summed E-state index contributed by atoms with van der Waals surface area (Å²) in [4.78, 5) is 41.0. The van der Waals surface area contributed by atoms with Crippen LogP contribution in [0.2, 0.25) is 0 Å². The van der Waals surface area contributed by atoms with E-state index in [1.165, 1.54) is 24.3 Å². The van der Waals surface area contributed by atoms with E-state index < -0.39 is 55.2 Å². The van der Waals surface area contributed by atoms with Gasteiger partial charge >= 0.3 is 17.9 Å². The Hall–Kier alpha value is -4.70. The fourth-order valence-electron chi connectivity index (χ4n) is 3.85. The summed E-state index contributed by atoms with van der Waals surface area (Å²) in [5.74, 6) is -2.32. The molecule has 1 heterocycles. The average molecular weight is 517 g/mol. The summed E-state index contributed by atoms with van der Waals surface area (Å²) < 4.78 is 22.0. The highest BCUT2D eigenvalue weighted by molar-refractivity contribution is 5.90. The maximum Gasteiger partial charge on any atom is 0.338 e. The second-order valence-corrected chi connectivity index (χ2v) is 8.20. The van der Waals surface area contributed by atoms with Gasteiger partial charge in [-0.05, 0) is 41.9 Å². The molecule has 1 saturated heterocycles. The number of ether oxygens (including phenoxy) is 4. The SMILES string of the molecule is [N-]=[N+]=N[C@H]1[C@H](OC(=O)c2ccccc2)[C@@H](OC(=O)c2ccccc2)[C@@H](O)O[C@@H]1COC(=O)c1ccccc1. The van der Waals surface area contributed by atoms with Gasteiger partial charge in [0.2, 0.25) is 0 Å². The van der Waals surface area contributed by atoms with E-state index in [-0.39, 0.29) is 16.7 Å². The number of aliphatic hydroxyl groups is 1. The van der Waals surface area contributed by atoms with Crippen molar-refractivity contribution in [2.45, 2.75) is 30.6 Å². The van der Waals surface area contributed by atoms with Crippen LogP contribution in [0.4, 0.5) is 0 Å². The second kappa shape index (κ2) is 12.5. The first kappa shape index (κ1) is 26.4. The van der Waals surface area contributed by atoms with Crippen LogP contribution in [-0.2, 0) is 18.9 Å². The molecule has 1 aliphatic rings. The number of carbonyl (C=O) groups excluding carboxylic acids is 3. The number of aliphatic hydroxyl groups excluding tert-OH is 1. The molecule has 5 atom stereocenters. The first-order valence-corrected chi connectivity index (χ1v) is 11.6. The summed E-state index contributed by atoms with van der Waals surface area (Å²) in [6.45, 7) is -0.451. The number of carbonyl (C=O) groups is 3. The number of hydrogen-bond acceptors (Lipinski definition) is 9. The van der Waals surface area contributed by atoms with E-state index >= 15 is 0 Å². The van der Waals surface area contributed by atoms with Gasteiger partial charge in [0.05, 0.1) is 16.7 Å². The monoisotopic (exact) mass is 517 g/mol. The van der Waals surface area contributed by atoms with Crippen LogP contribution in [0, 0.1) is 0 Å². The maximum atomic E-state index is 12.9. The number of azide groups is 1. The van der Waals surface area contributed by atoms with Gasteiger partial charge in [-0.2, -0.15) is 0 Å². The van der Waals surface area contributed by atoms with E-state index in [1.807, 2.05) is 0 Å². The lowest BCUT2D eigenvalue weighted by Crippen LogP contribution is -2.60. The molecule has 194 valence electrons. The number of esters is 3. The third kappa shape index (κ3) is 6.34. The van der Waals surface area contributed by atoms with Gasteiger partial charge in [0, 0.05) is 4.91 Å². The Morgan fingerprint density at radius 2 is 1.21 bits per heavy atom. The van der Waals surface area contributed by atoms with Crippen LogP contribution in [0.25, 0.3) is 10.4 Å². The summed E-state index contributed by atoms with van der Waals surface area (Å²) in [7, 11) is 0. The van der Waals surface area contributed by atoms with Crippen LogP contribution in [-0.4, -0.2) is 60.3 Å². The van der Waals surface area contributed by atoms with Gasteiger partial charge in [-0.3, -0.25) is 0 Å². The van der Waals surface area contributed by atoms with Gasteiger partial charge in [-0.25, -0.2) is 14.4 Å². The van der Waals surface area contributed by atoms with Crippen molar-refractivity contribution in [1.82, 2.24) is 0 Å². The van der Waals surface area contributed by atoms with Crippen LogP contribution in [0.3, 0.4) is 0 Å². The maximum absolute atomic E-state index is 12.9. The molecule has 0 aromatic heterocycles. The summed E-state index contributed by atoms with van der Waals surface area (Å²) >= 11 is 0. The van der Waals surface area contributed by atoms with E-state index in [9.17, 15) is 25.0 Å². The zero-order valence-electron chi connectivity index (χ0n) is 19.9. The number of hydrogen-bond donors (Lipinski definition) is 1. The van der Waals surface area contributed by atoms with Crippen molar-refractivity contribution in [2.75, 3.05) is 6.61 Å². The third-order valence-corrected chi connectivity index (χ3v) is 5.71. The first-order chi connectivity index (χ1) is 18.5. The molecule has 0 radical (unpaired) electrons. The Kier molecular flexibility index (Phi) is 8.68. The third-order valence-electron chi connectivity index (χ3n) is 5.71. The molecule has 0 aliphatic carbocycles. The van der Waals surface area contributed by atoms with Crippen molar-refractivity contribution in [3.05, 3.63) is 118 Å². The lowest BCUT2D eigenvalue weighted by molar-refractivity contribution is -0.257. The molecule has 3 aromatic carbocycles. The topological polar surface area (TPSA) is 157 Å². The zero-order chi connectivity index (χ0) is 26.9.